The first-order chi connectivity index (χ1) is 15.5. The summed E-state index contributed by atoms with van der Waals surface area (Å²) in [5.74, 6) is 1.66. The van der Waals surface area contributed by atoms with E-state index in [1.165, 1.54) is 30.7 Å². The highest BCUT2D eigenvalue weighted by Gasteiger charge is 2.21. The van der Waals surface area contributed by atoms with Gasteiger partial charge in [-0.2, -0.15) is 5.10 Å². The maximum Gasteiger partial charge on any atom is 0.315 e. The van der Waals surface area contributed by atoms with Crippen LogP contribution in [-0.4, -0.2) is 44.1 Å². The Bertz CT molecular complexity index is 1130. The first kappa shape index (κ1) is 22.8. The Morgan fingerprint density at radius 3 is 2.59 bits per heavy atom. The van der Waals surface area contributed by atoms with Gasteiger partial charge in [0.2, 0.25) is 10.9 Å². The quantitative estimate of drug-likeness (QED) is 0.266. The molecular weight excluding hydrogens is 436 g/mol. The number of ether oxygens (including phenoxy) is 4. The third-order valence-corrected chi connectivity index (χ3v) is 5.07. The van der Waals surface area contributed by atoms with E-state index >= 15 is 0 Å². The zero-order valence-electron chi connectivity index (χ0n) is 17.9. The standard InChI is InChI=1S/C21H22N4O6S/c1-5-31-20-17(25(26)27)8-13(9-19(20)30-4)11-22-24-21-23-16(12-32-21)15-7-6-14(28-2)10-18(15)29-3/h6-12H,5H2,1-4H3,(H,23,24)/b22-11-. The monoisotopic (exact) mass is 458 g/mol. The summed E-state index contributed by atoms with van der Waals surface area (Å²) in [5.41, 5.74) is 4.64. The molecule has 11 heteroatoms. The number of aromatic nitrogens is 1. The molecule has 0 aliphatic rings. The molecule has 0 fully saturated rings. The van der Waals surface area contributed by atoms with Crippen molar-refractivity contribution < 1.29 is 23.9 Å². The third kappa shape index (κ3) is 5.06. The maximum atomic E-state index is 11.4. The van der Waals surface area contributed by atoms with Crippen molar-refractivity contribution in [3.8, 4) is 34.3 Å². The number of nitro groups is 1. The molecule has 32 heavy (non-hydrogen) atoms. The van der Waals surface area contributed by atoms with Crippen LogP contribution in [0.15, 0.2) is 40.8 Å². The minimum absolute atomic E-state index is 0.0862. The van der Waals surface area contributed by atoms with Crippen LogP contribution >= 0.6 is 11.3 Å². The van der Waals surface area contributed by atoms with Crippen molar-refractivity contribution in [1.29, 1.82) is 0 Å². The Morgan fingerprint density at radius 1 is 1.16 bits per heavy atom. The van der Waals surface area contributed by atoms with E-state index < -0.39 is 4.92 Å². The molecule has 1 N–H and O–H groups in total. The number of thiazole rings is 1. The van der Waals surface area contributed by atoms with Gasteiger partial charge in [0.05, 0.1) is 44.8 Å². The van der Waals surface area contributed by atoms with E-state index in [-0.39, 0.29) is 23.8 Å². The summed E-state index contributed by atoms with van der Waals surface area (Å²) in [6.45, 7) is 2.02. The molecule has 0 bridgehead atoms. The van der Waals surface area contributed by atoms with Gasteiger partial charge < -0.3 is 18.9 Å². The van der Waals surface area contributed by atoms with Crippen molar-refractivity contribution in [3.05, 3.63) is 51.4 Å². The highest BCUT2D eigenvalue weighted by atomic mass is 32.1. The van der Waals surface area contributed by atoms with Gasteiger partial charge in [0.1, 0.15) is 11.5 Å². The highest BCUT2D eigenvalue weighted by molar-refractivity contribution is 7.14. The van der Waals surface area contributed by atoms with Crippen LogP contribution in [-0.2, 0) is 0 Å². The Morgan fingerprint density at radius 2 is 1.94 bits per heavy atom. The Hall–Kier alpha value is -3.86. The summed E-state index contributed by atoms with van der Waals surface area (Å²) in [6.07, 6.45) is 1.44. The van der Waals surface area contributed by atoms with Crippen LogP contribution in [0, 0.1) is 10.1 Å². The van der Waals surface area contributed by atoms with Gasteiger partial charge in [0.15, 0.2) is 5.75 Å². The zero-order valence-corrected chi connectivity index (χ0v) is 18.8. The number of nitro benzene ring substituents is 1. The predicted molar refractivity (Wildman–Crippen MR) is 123 cm³/mol. The molecule has 10 nitrogen and oxygen atoms in total. The highest BCUT2D eigenvalue weighted by Crippen LogP contribution is 2.38. The molecule has 0 unspecified atom stereocenters. The fraction of sp³-hybridized carbons (Fsp3) is 0.238. The van der Waals surface area contributed by atoms with Crippen LogP contribution in [0.2, 0.25) is 0 Å². The molecule has 0 amide bonds. The number of methoxy groups -OCH3 is 3. The lowest BCUT2D eigenvalue weighted by Gasteiger charge is -2.10. The first-order valence-electron chi connectivity index (χ1n) is 9.46. The Kier molecular flexibility index (Phi) is 7.45. The minimum atomic E-state index is -0.520. The molecule has 1 heterocycles. The zero-order chi connectivity index (χ0) is 23.1. The molecule has 3 rings (SSSR count). The van der Waals surface area contributed by atoms with E-state index in [9.17, 15) is 10.1 Å². The number of rotatable bonds is 10. The predicted octanol–water partition coefficient (Wildman–Crippen LogP) is 4.59. The molecule has 0 saturated heterocycles. The van der Waals surface area contributed by atoms with Crippen molar-refractivity contribution >= 4 is 28.4 Å². The number of hydrogen-bond acceptors (Lipinski definition) is 10. The number of hydrazone groups is 1. The van der Waals surface area contributed by atoms with Crippen LogP contribution < -0.4 is 24.4 Å². The van der Waals surface area contributed by atoms with Crippen molar-refractivity contribution in [3.63, 3.8) is 0 Å². The van der Waals surface area contributed by atoms with Gasteiger partial charge in [0.25, 0.3) is 0 Å². The summed E-state index contributed by atoms with van der Waals surface area (Å²) in [4.78, 5) is 15.4. The molecule has 0 saturated carbocycles. The van der Waals surface area contributed by atoms with Crippen molar-refractivity contribution in [2.75, 3.05) is 33.4 Å². The molecule has 168 valence electrons. The molecule has 2 aromatic carbocycles. The average Bonchev–Trinajstić information content (AvgIpc) is 3.27. The average molecular weight is 458 g/mol. The molecule has 0 aliphatic heterocycles. The molecule has 0 spiro atoms. The summed E-state index contributed by atoms with van der Waals surface area (Å²) >= 11 is 1.36. The molecule has 0 radical (unpaired) electrons. The third-order valence-electron chi connectivity index (χ3n) is 4.33. The first-order valence-corrected chi connectivity index (χ1v) is 10.3. The second kappa shape index (κ2) is 10.4. The Labute approximate surface area is 188 Å². The second-order valence-corrected chi connectivity index (χ2v) is 7.09. The lowest BCUT2D eigenvalue weighted by molar-refractivity contribution is -0.385. The lowest BCUT2D eigenvalue weighted by Crippen LogP contribution is -2.02. The summed E-state index contributed by atoms with van der Waals surface area (Å²) in [6, 6.07) is 8.46. The summed E-state index contributed by atoms with van der Waals surface area (Å²) in [5, 5.41) is 18.0. The summed E-state index contributed by atoms with van der Waals surface area (Å²) in [7, 11) is 4.59. The lowest BCUT2D eigenvalue weighted by atomic mass is 10.1. The van der Waals surface area contributed by atoms with E-state index in [2.05, 4.69) is 15.5 Å². The Balaban J connectivity index is 1.80. The van der Waals surface area contributed by atoms with Gasteiger partial charge in [-0.3, -0.25) is 15.5 Å². The smallest absolute Gasteiger partial charge is 0.315 e. The molecule has 0 aliphatic carbocycles. The maximum absolute atomic E-state index is 11.4. The number of benzene rings is 2. The van der Waals surface area contributed by atoms with E-state index in [0.29, 0.717) is 27.9 Å². The van der Waals surface area contributed by atoms with Gasteiger partial charge in [-0.1, -0.05) is 0 Å². The van der Waals surface area contributed by atoms with Gasteiger partial charge >= 0.3 is 5.69 Å². The van der Waals surface area contributed by atoms with E-state index in [1.54, 1.807) is 33.3 Å². The van der Waals surface area contributed by atoms with Gasteiger partial charge in [0, 0.05) is 28.6 Å². The van der Waals surface area contributed by atoms with E-state index in [1.807, 2.05) is 17.5 Å². The number of anilines is 1. The molecular formula is C21H22N4O6S. The van der Waals surface area contributed by atoms with E-state index in [0.717, 1.165) is 5.56 Å². The van der Waals surface area contributed by atoms with Gasteiger partial charge in [-0.15, -0.1) is 11.3 Å². The van der Waals surface area contributed by atoms with E-state index in [4.69, 9.17) is 18.9 Å². The SMILES string of the molecule is CCOc1c(OC)cc(/C=N\Nc2nc(-c3ccc(OC)cc3OC)cs2)cc1[N+](=O)[O-]. The fourth-order valence-electron chi connectivity index (χ4n) is 2.88. The van der Waals surface area contributed by atoms with Crippen molar-refractivity contribution in [2.45, 2.75) is 6.92 Å². The van der Waals surface area contributed by atoms with Crippen molar-refractivity contribution in [1.82, 2.24) is 4.98 Å². The molecule has 1 aromatic heterocycles. The largest absolute Gasteiger partial charge is 0.497 e. The van der Waals surface area contributed by atoms with Crippen LogP contribution in [0.4, 0.5) is 10.8 Å². The normalized spacial score (nSPS) is 10.8. The second-order valence-electron chi connectivity index (χ2n) is 6.24. The van der Waals surface area contributed by atoms with Crippen LogP contribution in [0.5, 0.6) is 23.0 Å². The van der Waals surface area contributed by atoms with Crippen LogP contribution in [0.3, 0.4) is 0 Å². The van der Waals surface area contributed by atoms with Crippen molar-refractivity contribution in [2.24, 2.45) is 5.10 Å². The molecule has 3 aromatic rings. The topological polar surface area (TPSA) is 117 Å². The number of nitrogens with one attached hydrogen (secondary N) is 1. The van der Waals surface area contributed by atoms with Crippen LogP contribution in [0.25, 0.3) is 11.3 Å². The minimum Gasteiger partial charge on any atom is -0.497 e. The number of hydrogen-bond donors (Lipinski definition) is 1. The number of nitrogens with zero attached hydrogens (tertiary/aromatic N) is 3. The van der Waals surface area contributed by atoms with Gasteiger partial charge in [-0.25, -0.2) is 4.98 Å². The van der Waals surface area contributed by atoms with Gasteiger partial charge in [-0.05, 0) is 25.1 Å². The summed E-state index contributed by atoms with van der Waals surface area (Å²) < 4.78 is 21.3. The fourth-order valence-corrected chi connectivity index (χ4v) is 3.54. The van der Waals surface area contributed by atoms with Crippen LogP contribution in [0.1, 0.15) is 12.5 Å². The molecule has 0 atom stereocenters.